The van der Waals surface area contributed by atoms with Crippen LogP contribution in [-0.2, 0) is 78.4 Å². The number of hydrogen-bond donors (Lipinski definition) is 0. The van der Waals surface area contributed by atoms with Crippen LogP contribution in [0.3, 0.4) is 0 Å². The van der Waals surface area contributed by atoms with Crippen molar-refractivity contribution >= 4 is 29.8 Å². The minimum atomic E-state index is -1.58. The highest BCUT2D eigenvalue weighted by molar-refractivity contribution is 5.78. The second-order valence-corrected chi connectivity index (χ2v) is 19.5. The van der Waals surface area contributed by atoms with E-state index >= 15 is 0 Å². The fourth-order valence-electron chi connectivity index (χ4n) is 5.66. The lowest BCUT2D eigenvalue weighted by molar-refractivity contribution is -0.294. The number of hydrogen-bond acceptors (Lipinski definition) is 14. The Morgan fingerprint density at radius 3 is 1.71 bits per heavy atom. The molecular weight excluding hydrogens is 801 g/mol. The van der Waals surface area contributed by atoms with Crippen LogP contribution in [0, 0.1) is 21.7 Å². The zero-order valence-electron chi connectivity index (χ0n) is 38.4. The fourth-order valence-corrected chi connectivity index (χ4v) is 5.66. The lowest BCUT2D eigenvalue weighted by Gasteiger charge is -2.45. The van der Waals surface area contributed by atoms with Gasteiger partial charge in [-0.25, -0.2) is 0 Å². The molecule has 1 saturated heterocycles. The highest BCUT2D eigenvalue weighted by Crippen LogP contribution is 2.36. The molecule has 1 aliphatic rings. The highest BCUT2D eigenvalue weighted by atomic mass is 16.7. The van der Waals surface area contributed by atoms with Gasteiger partial charge in [0.15, 0.2) is 12.2 Å². The lowest BCUT2D eigenvalue weighted by Crippen LogP contribution is -2.65. The summed E-state index contributed by atoms with van der Waals surface area (Å²) < 4.78 is 49.3. The van der Waals surface area contributed by atoms with Gasteiger partial charge in [-0.1, -0.05) is 42.5 Å². The van der Waals surface area contributed by atoms with Gasteiger partial charge in [-0.2, -0.15) is 0 Å². The standard InChI is InChI=1S/C47H64N2O13/c1-44(2,3)40(51)57-28-33-35(59-41(52)45(4,5)6)36(60-42(53)46(7,8)9)37(61-43(54)47(10,11)12)39(58-33)62-38-31(25-49(48-38)26-34(50)55-13)22-19-29-20-23-32(24-21-29)56-27-30-17-15-14-16-18-30/h14-18,20-21,23-25,33,35-37,39H,19,22,26-28H2,1-13H3/t33-,35-,36+,37-,39+/m1/s1. The summed E-state index contributed by atoms with van der Waals surface area (Å²) in [7, 11) is 1.26. The maximum atomic E-state index is 13.8. The summed E-state index contributed by atoms with van der Waals surface area (Å²) in [5.74, 6) is -2.53. The Bertz CT molecular complexity index is 2000. The summed E-state index contributed by atoms with van der Waals surface area (Å²) in [6, 6.07) is 17.5. The molecule has 0 bridgehead atoms. The van der Waals surface area contributed by atoms with Crippen LogP contribution >= 0.6 is 0 Å². The van der Waals surface area contributed by atoms with E-state index < -0.39 is 88.8 Å². The van der Waals surface area contributed by atoms with Crippen molar-refractivity contribution in [3.63, 3.8) is 0 Å². The molecule has 15 nitrogen and oxygen atoms in total. The van der Waals surface area contributed by atoms with Crippen molar-refractivity contribution < 1.29 is 61.9 Å². The number of nitrogens with zero attached hydrogens (tertiary/aromatic N) is 2. The monoisotopic (exact) mass is 864 g/mol. The van der Waals surface area contributed by atoms with Crippen molar-refractivity contribution in [3.8, 4) is 11.6 Å². The molecular formula is C47H64N2O13. The average molecular weight is 865 g/mol. The normalized spacial score (nSPS) is 19.5. The molecule has 5 atom stereocenters. The maximum absolute atomic E-state index is 13.8. The zero-order chi connectivity index (χ0) is 46.2. The van der Waals surface area contributed by atoms with Gasteiger partial charge in [-0.05, 0) is 119 Å². The van der Waals surface area contributed by atoms with E-state index in [2.05, 4.69) is 5.10 Å². The second kappa shape index (κ2) is 20.2. The number of ether oxygens (including phenoxy) is 8. The predicted octanol–water partition coefficient (Wildman–Crippen LogP) is 6.99. The van der Waals surface area contributed by atoms with Crippen LogP contribution in [0.4, 0.5) is 0 Å². The quantitative estimate of drug-likeness (QED) is 0.113. The molecule has 1 fully saturated rings. The first-order chi connectivity index (χ1) is 28.8. The average Bonchev–Trinajstić information content (AvgIpc) is 3.56. The zero-order valence-corrected chi connectivity index (χ0v) is 38.4. The first-order valence-corrected chi connectivity index (χ1v) is 20.8. The first kappa shape index (κ1) is 49.2. The molecule has 2 heterocycles. The van der Waals surface area contributed by atoms with Crippen molar-refractivity contribution in [2.24, 2.45) is 21.7 Å². The van der Waals surface area contributed by atoms with Crippen LogP contribution < -0.4 is 9.47 Å². The van der Waals surface area contributed by atoms with Gasteiger partial charge < -0.3 is 37.9 Å². The molecule has 4 rings (SSSR count). The summed E-state index contributed by atoms with van der Waals surface area (Å²) >= 11 is 0. The number of rotatable bonds is 15. The van der Waals surface area contributed by atoms with Crippen LogP contribution in [-0.4, -0.2) is 84.0 Å². The maximum Gasteiger partial charge on any atom is 0.327 e. The number of benzene rings is 2. The van der Waals surface area contributed by atoms with Gasteiger partial charge in [0.25, 0.3) is 0 Å². The van der Waals surface area contributed by atoms with E-state index in [1.165, 1.54) is 11.8 Å². The third-order valence-corrected chi connectivity index (χ3v) is 9.55. The van der Waals surface area contributed by atoms with Crippen molar-refractivity contribution in [1.29, 1.82) is 0 Å². The largest absolute Gasteiger partial charge is 0.489 e. The summed E-state index contributed by atoms with van der Waals surface area (Å²) in [5.41, 5.74) is -1.52. The van der Waals surface area contributed by atoms with E-state index in [1.807, 2.05) is 54.6 Å². The highest BCUT2D eigenvalue weighted by Gasteiger charge is 2.56. The van der Waals surface area contributed by atoms with Crippen molar-refractivity contribution in [2.45, 2.75) is 140 Å². The number of carbonyl (C=O) groups is 5. The Morgan fingerprint density at radius 2 is 1.18 bits per heavy atom. The Hall–Kier alpha value is -5.44. The molecule has 1 aromatic heterocycles. The molecule has 340 valence electrons. The van der Waals surface area contributed by atoms with Gasteiger partial charge in [0, 0.05) is 11.8 Å². The third-order valence-electron chi connectivity index (χ3n) is 9.55. The van der Waals surface area contributed by atoms with Crippen molar-refractivity contribution in [2.75, 3.05) is 13.7 Å². The Labute approximate surface area is 365 Å². The summed E-state index contributed by atoms with van der Waals surface area (Å²) in [5, 5.41) is 4.57. The smallest absolute Gasteiger partial charge is 0.327 e. The molecule has 0 unspecified atom stereocenters. The number of carbonyl (C=O) groups excluding carboxylic acids is 5. The molecule has 62 heavy (non-hydrogen) atoms. The molecule has 1 aliphatic heterocycles. The molecule has 0 N–H and O–H groups in total. The van der Waals surface area contributed by atoms with E-state index in [9.17, 15) is 24.0 Å². The van der Waals surface area contributed by atoms with Gasteiger partial charge in [0.05, 0.1) is 28.8 Å². The van der Waals surface area contributed by atoms with Crippen molar-refractivity contribution in [3.05, 3.63) is 77.5 Å². The molecule has 0 saturated carbocycles. The molecule has 3 aromatic rings. The topological polar surface area (TPSA) is 177 Å². The van der Waals surface area contributed by atoms with Crippen LogP contribution in [0.1, 0.15) is 99.8 Å². The number of aryl methyl sites for hydroxylation is 2. The fraction of sp³-hybridized carbons (Fsp3) is 0.574. The Kier molecular flexibility index (Phi) is 16.0. The summed E-state index contributed by atoms with van der Waals surface area (Å²) in [6.07, 6.45) is -4.91. The molecule has 0 aliphatic carbocycles. The van der Waals surface area contributed by atoms with Crippen LogP contribution in [0.5, 0.6) is 11.6 Å². The Morgan fingerprint density at radius 1 is 0.645 bits per heavy atom. The number of methoxy groups -OCH3 is 1. The van der Waals surface area contributed by atoms with Crippen LogP contribution in [0.25, 0.3) is 0 Å². The Balaban J connectivity index is 1.77. The number of esters is 5. The van der Waals surface area contributed by atoms with E-state index in [0.717, 1.165) is 11.1 Å². The molecule has 0 radical (unpaired) electrons. The SMILES string of the molecule is COC(=O)Cn1cc(CCc2ccc(OCc3ccccc3)cc2)c(O[C@@H]2O[C@H](COC(=O)C(C)(C)C)[C@@H](OC(=O)C(C)(C)C)[C@H](OC(=O)C(C)(C)C)[C@H]2OC(=O)C(C)(C)C)n1. The second-order valence-electron chi connectivity index (χ2n) is 19.5. The minimum Gasteiger partial charge on any atom is -0.489 e. The summed E-state index contributed by atoms with van der Waals surface area (Å²) in [4.78, 5) is 66.6. The van der Waals surface area contributed by atoms with Gasteiger partial charge >= 0.3 is 29.8 Å². The van der Waals surface area contributed by atoms with Crippen LogP contribution in [0.2, 0.25) is 0 Å². The van der Waals surface area contributed by atoms with Crippen LogP contribution in [0.15, 0.2) is 60.8 Å². The minimum absolute atomic E-state index is 0.00926. The lowest BCUT2D eigenvalue weighted by atomic mass is 9.93. The van der Waals surface area contributed by atoms with Crippen molar-refractivity contribution in [1.82, 2.24) is 9.78 Å². The van der Waals surface area contributed by atoms with E-state index in [4.69, 9.17) is 37.9 Å². The molecule has 0 amide bonds. The molecule has 0 spiro atoms. The summed E-state index contributed by atoms with van der Waals surface area (Å²) in [6.45, 7) is 19.5. The van der Waals surface area contributed by atoms with Gasteiger partial charge in [-0.15, -0.1) is 5.10 Å². The van der Waals surface area contributed by atoms with E-state index in [0.29, 0.717) is 30.8 Å². The van der Waals surface area contributed by atoms with Gasteiger partial charge in [-0.3, -0.25) is 28.7 Å². The van der Waals surface area contributed by atoms with E-state index in [1.54, 1.807) is 89.3 Å². The van der Waals surface area contributed by atoms with Gasteiger partial charge in [0.1, 0.15) is 31.6 Å². The molecule has 15 heteroatoms. The van der Waals surface area contributed by atoms with E-state index in [-0.39, 0.29) is 12.4 Å². The first-order valence-electron chi connectivity index (χ1n) is 20.8. The number of aromatic nitrogens is 2. The predicted molar refractivity (Wildman–Crippen MR) is 227 cm³/mol. The van der Waals surface area contributed by atoms with Gasteiger partial charge in [0.2, 0.25) is 18.3 Å². The molecule has 2 aromatic carbocycles. The third kappa shape index (κ3) is 14.0.